The second kappa shape index (κ2) is 11.4. The summed E-state index contributed by atoms with van der Waals surface area (Å²) in [6.07, 6.45) is 14.2. The van der Waals surface area contributed by atoms with Gasteiger partial charge >= 0.3 is 0 Å². The van der Waals surface area contributed by atoms with Crippen molar-refractivity contribution < 1.29 is 0 Å². The minimum Gasteiger partial charge on any atom is -0.305 e. The van der Waals surface area contributed by atoms with Crippen LogP contribution >= 0.6 is 11.6 Å². The van der Waals surface area contributed by atoms with Crippen LogP contribution in [0.1, 0.15) is 119 Å². The van der Waals surface area contributed by atoms with Gasteiger partial charge in [-0.1, -0.05) is 38.3 Å². The van der Waals surface area contributed by atoms with Crippen LogP contribution in [-0.2, 0) is 0 Å². The number of halogens is 1. The molecule has 2 aliphatic carbocycles. The van der Waals surface area contributed by atoms with Gasteiger partial charge < -0.3 is 5.43 Å². The summed E-state index contributed by atoms with van der Waals surface area (Å²) in [5, 5.41) is 13.2. The van der Waals surface area contributed by atoms with E-state index in [1.807, 2.05) is 0 Å². The smallest absolute Gasteiger partial charge is 0.154 e. The van der Waals surface area contributed by atoms with Gasteiger partial charge in [0, 0.05) is 11.3 Å². The Labute approximate surface area is 173 Å². The molecule has 2 rings (SSSR count). The first-order valence-corrected chi connectivity index (χ1v) is 11.4. The number of hydrogen-bond donors (Lipinski definition) is 1. The summed E-state index contributed by atoms with van der Waals surface area (Å²) in [5.41, 5.74) is 4.74. The minimum atomic E-state index is -0.384. The lowest BCUT2D eigenvalue weighted by Gasteiger charge is -2.27. The van der Waals surface area contributed by atoms with Crippen LogP contribution in [0, 0.1) is 0 Å². The van der Waals surface area contributed by atoms with E-state index in [4.69, 9.17) is 11.6 Å². The summed E-state index contributed by atoms with van der Waals surface area (Å²) in [5.74, 6) is 0. The Hall–Kier alpha value is -0.640. The fourth-order valence-corrected chi connectivity index (χ4v) is 3.18. The van der Waals surface area contributed by atoms with E-state index in [2.05, 4.69) is 62.3 Å². The molecule has 0 spiro atoms. The van der Waals surface area contributed by atoms with Crippen molar-refractivity contribution in [1.82, 2.24) is 5.43 Å². The standard InChI is InChI=1S/C11H21ClN2.C11H22N2/c1-4-10(2,3)13-14-11(12)8-6-5-7-9-11;1-4-11(2,3)13-12-10-8-6-5-7-9-10/h4-9H2,1-3H3;13H,4-9H2,1-3H3/b14-13+;. The highest BCUT2D eigenvalue weighted by Crippen LogP contribution is 2.36. The second-order valence-corrected chi connectivity index (χ2v) is 10.1. The van der Waals surface area contributed by atoms with Gasteiger partial charge in [-0.05, 0) is 91.9 Å². The fraction of sp³-hybridized carbons (Fsp3) is 0.955. The molecule has 158 valence electrons. The predicted molar refractivity (Wildman–Crippen MR) is 119 cm³/mol. The van der Waals surface area contributed by atoms with E-state index in [-0.39, 0.29) is 16.1 Å². The molecule has 2 fully saturated rings. The molecule has 2 saturated carbocycles. The average Bonchev–Trinajstić information content (AvgIpc) is 2.67. The van der Waals surface area contributed by atoms with Gasteiger partial charge in [0.2, 0.25) is 0 Å². The van der Waals surface area contributed by atoms with Crippen molar-refractivity contribution in [3.05, 3.63) is 0 Å². The molecule has 0 aromatic carbocycles. The van der Waals surface area contributed by atoms with Gasteiger partial charge in [-0.25, -0.2) is 0 Å². The lowest BCUT2D eigenvalue weighted by atomic mass is 9.95. The maximum Gasteiger partial charge on any atom is 0.154 e. The first-order chi connectivity index (χ1) is 12.6. The summed E-state index contributed by atoms with van der Waals surface area (Å²) in [4.78, 5) is -0.384. The van der Waals surface area contributed by atoms with E-state index < -0.39 is 0 Å². The number of hydrazone groups is 1. The van der Waals surface area contributed by atoms with Gasteiger partial charge in [0.15, 0.2) is 5.00 Å². The first kappa shape index (κ1) is 24.4. The number of alkyl halides is 1. The molecule has 0 bridgehead atoms. The lowest BCUT2D eigenvalue weighted by Crippen LogP contribution is -2.35. The molecule has 0 aromatic rings. The van der Waals surface area contributed by atoms with Crippen LogP contribution in [0.25, 0.3) is 0 Å². The molecule has 1 N–H and O–H groups in total. The maximum atomic E-state index is 6.38. The Kier molecular flexibility index (Phi) is 10.3. The monoisotopic (exact) mass is 398 g/mol. The van der Waals surface area contributed by atoms with Crippen LogP contribution < -0.4 is 5.43 Å². The van der Waals surface area contributed by atoms with Crippen LogP contribution in [-0.4, -0.2) is 21.8 Å². The van der Waals surface area contributed by atoms with Gasteiger partial charge in [-0.2, -0.15) is 15.3 Å². The highest BCUT2D eigenvalue weighted by Gasteiger charge is 2.30. The summed E-state index contributed by atoms with van der Waals surface area (Å²) in [6.45, 7) is 12.9. The van der Waals surface area contributed by atoms with E-state index in [1.165, 1.54) is 57.1 Å². The zero-order chi connectivity index (χ0) is 20.4. The van der Waals surface area contributed by atoms with Gasteiger partial charge in [-0.15, -0.1) is 0 Å². The molecule has 0 unspecified atom stereocenters. The summed E-state index contributed by atoms with van der Waals surface area (Å²) < 4.78 is 0. The van der Waals surface area contributed by atoms with Gasteiger partial charge in [0.1, 0.15) is 0 Å². The molecule has 0 heterocycles. The van der Waals surface area contributed by atoms with Crippen LogP contribution in [0.4, 0.5) is 0 Å². The van der Waals surface area contributed by atoms with Crippen molar-refractivity contribution in [2.24, 2.45) is 15.3 Å². The summed E-state index contributed by atoms with van der Waals surface area (Å²) in [7, 11) is 0. The van der Waals surface area contributed by atoms with Crippen molar-refractivity contribution in [3.8, 4) is 0 Å². The van der Waals surface area contributed by atoms with Crippen molar-refractivity contribution in [2.45, 2.75) is 135 Å². The summed E-state index contributed by atoms with van der Waals surface area (Å²) >= 11 is 6.38. The SMILES string of the molecule is CCC(C)(C)/N=N/C1(Cl)CCCCC1.CCC(C)(C)NN=C1CCCCC1. The highest BCUT2D eigenvalue weighted by atomic mass is 35.5. The molecule has 0 atom stereocenters. The average molecular weight is 399 g/mol. The molecule has 27 heavy (non-hydrogen) atoms. The normalized spacial score (nSPS) is 20.8. The molecule has 5 heteroatoms. The quantitative estimate of drug-likeness (QED) is 0.213. The third-order valence-corrected chi connectivity index (χ3v) is 6.27. The topological polar surface area (TPSA) is 49.1 Å². The van der Waals surface area contributed by atoms with Gasteiger partial charge in [0.05, 0.1) is 5.54 Å². The van der Waals surface area contributed by atoms with E-state index in [0.29, 0.717) is 0 Å². The third-order valence-electron chi connectivity index (χ3n) is 5.82. The molecule has 0 radical (unpaired) electrons. The van der Waals surface area contributed by atoms with Gasteiger partial charge in [-0.3, -0.25) is 0 Å². The molecular formula is C22H43ClN4. The maximum absolute atomic E-state index is 6.38. The zero-order valence-corrected chi connectivity index (χ0v) is 19.5. The number of azo groups is 1. The number of rotatable bonds is 6. The van der Waals surface area contributed by atoms with E-state index in [9.17, 15) is 0 Å². The number of nitrogens with zero attached hydrogens (tertiary/aromatic N) is 3. The van der Waals surface area contributed by atoms with Crippen LogP contribution in [0.5, 0.6) is 0 Å². The Morgan fingerprint density at radius 3 is 1.96 bits per heavy atom. The number of hydrogen-bond acceptors (Lipinski definition) is 4. The molecule has 0 aliphatic heterocycles. The Morgan fingerprint density at radius 1 is 0.889 bits per heavy atom. The molecular weight excluding hydrogens is 356 g/mol. The highest BCUT2D eigenvalue weighted by molar-refractivity contribution is 6.23. The third kappa shape index (κ3) is 10.5. The van der Waals surface area contributed by atoms with Crippen molar-refractivity contribution >= 4 is 17.3 Å². The Morgan fingerprint density at radius 2 is 1.44 bits per heavy atom. The van der Waals surface area contributed by atoms with E-state index in [1.54, 1.807) is 0 Å². The number of nitrogens with one attached hydrogen (secondary N) is 1. The predicted octanol–water partition coefficient (Wildman–Crippen LogP) is 7.61. The molecule has 4 nitrogen and oxygen atoms in total. The van der Waals surface area contributed by atoms with Crippen LogP contribution in [0.15, 0.2) is 15.3 Å². The summed E-state index contributed by atoms with van der Waals surface area (Å²) in [6, 6.07) is 0. The van der Waals surface area contributed by atoms with Crippen LogP contribution in [0.2, 0.25) is 0 Å². The van der Waals surface area contributed by atoms with E-state index in [0.717, 1.165) is 25.7 Å². The first-order valence-electron chi connectivity index (χ1n) is 11.1. The van der Waals surface area contributed by atoms with Crippen molar-refractivity contribution in [3.63, 3.8) is 0 Å². The molecule has 0 amide bonds. The van der Waals surface area contributed by atoms with Crippen molar-refractivity contribution in [2.75, 3.05) is 0 Å². The second-order valence-electron chi connectivity index (χ2n) is 9.43. The van der Waals surface area contributed by atoms with Crippen LogP contribution in [0.3, 0.4) is 0 Å². The van der Waals surface area contributed by atoms with Gasteiger partial charge in [0.25, 0.3) is 0 Å². The minimum absolute atomic E-state index is 0.0562. The zero-order valence-electron chi connectivity index (χ0n) is 18.7. The largest absolute Gasteiger partial charge is 0.305 e. The molecule has 0 aromatic heterocycles. The van der Waals surface area contributed by atoms with E-state index >= 15 is 0 Å². The molecule has 0 saturated heterocycles. The Bertz CT molecular complexity index is 469. The van der Waals surface area contributed by atoms with Crippen molar-refractivity contribution in [1.29, 1.82) is 0 Å². The molecule has 2 aliphatic rings. The fourth-order valence-electron chi connectivity index (χ4n) is 2.87. The lowest BCUT2D eigenvalue weighted by molar-refractivity contribution is 0.362. The Balaban J connectivity index is 0.000000271.